The number of amides is 4. The predicted octanol–water partition coefficient (Wildman–Crippen LogP) is 0.0410. The lowest BCUT2D eigenvalue weighted by Crippen LogP contribution is -2.52. The maximum Gasteiger partial charge on any atom is 0.407 e. The van der Waals surface area contributed by atoms with Crippen LogP contribution in [-0.2, 0) is 9.53 Å². The van der Waals surface area contributed by atoms with Crippen molar-refractivity contribution in [3.05, 3.63) is 0 Å². The summed E-state index contributed by atoms with van der Waals surface area (Å²) in [7, 11) is 1.25. The Morgan fingerprint density at radius 3 is 2.43 bits per heavy atom. The minimum atomic E-state index is -0.654. The Morgan fingerprint density at radius 1 is 1.29 bits per heavy atom. The third-order valence-electron chi connectivity index (χ3n) is 3.37. The second kappa shape index (κ2) is 8.33. The molecule has 1 aliphatic heterocycles. The lowest BCUT2D eigenvalue weighted by molar-refractivity contribution is -0.123. The average molecular weight is 300 g/mol. The van der Waals surface area contributed by atoms with Crippen LogP contribution in [0.2, 0.25) is 0 Å². The number of piperidine rings is 1. The number of alkyl carbamates (subject to hydrolysis) is 1. The summed E-state index contributed by atoms with van der Waals surface area (Å²) in [4.78, 5) is 36.3. The van der Waals surface area contributed by atoms with Gasteiger partial charge in [-0.15, -0.1) is 0 Å². The average Bonchev–Trinajstić information content (AvgIpc) is 2.47. The Kier molecular flexibility index (Phi) is 6.77. The van der Waals surface area contributed by atoms with Gasteiger partial charge in [0.15, 0.2) is 0 Å². The van der Waals surface area contributed by atoms with Gasteiger partial charge in [-0.3, -0.25) is 4.79 Å². The van der Waals surface area contributed by atoms with Crippen LogP contribution in [-0.4, -0.2) is 61.8 Å². The van der Waals surface area contributed by atoms with Crippen LogP contribution >= 0.6 is 0 Å². The van der Waals surface area contributed by atoms with E-state index in [1.165, 1.54) is 7.11 Å². The van der Waals surface area contributed by atoms with E-state index in [2.05, 4.69) is 20.7 Å². The number of carbonyl (C=O) groups is 3. The Hall–Kier alpha value is -1.99. The van der Waals surface area contributed by atoms with Gasteiger partial charge in [-0.05, 0) is 26.7 Å². The van der Waals surface area contributed by atoms with E-state index < -0.39 is 12.1 Å². The molecule has 0 aliphatic carbocycles. The molecule has 1 heterocycles. The highest BCUT2D eigenvalue weighted by atomic mass is 16.5. The van der Waals surface area contributed by atoms with Gasteiger partial charge in [0.2, 0.25) is 5.91 Å². The van der Waals surface area contributed by atoms with Crippen LogP contribution in [0.25, 0.3) is 0 Å². The number of methoxy groups -OCH3 is 1. The van der Waals surface area contributed by atoms with E-state index in [0.717, 1.165) is 0 Å². The summed E-state index contributed by atoms with van der Waals surface area (Å²) in [6.45, 7) is 5.29. The fourth-order valence-corrected chi connectivity index (χ4v) is 2.12. The number of rotatable bonds is 4. The predicted molar refractivity (Wildman–Crippen MR) is 76.8 cm³/mol. The van der Waals surface area contributed by atoms with Crippen molar-refractivity contribution in [1.29, 1.82) is 0 Å². The van der Waals surface area contributed by atoms with E-state index in [1.807, 2.05) is 6.92 Å². The van der Waals surface area contributed by atoms with Gasteiger partial charge in [-0.1, -0.05) is 0 Å². The zero-order valence-corrected chi connectivity index (χ0v) is 12.8. The van der Waals surface area contributed by atoms with Crippen molar-refractivity contribution in [2.45, 2.75) is 38.8 Å². The topological polar surface area (TPSA) is 99.8 Å². The van der Waals surface area contributed by atoms with E-state index >= 15 is 0 Å². The first-order chi connectivity index (χ1) is 9.97. The maximum absolute atomic E-state index is 11.9. The van der Waals surface area contributed by atoms with E-state index in [4.69, 9.17) is 0 Å². The first kappa shape index (κ1) is 17.1. The standard InChI is InChI=1S/C13H24N4O4/c1-4-14-12(19)17-7-5-10(6-8-17)16-11(18)9(2)15-13(20)21-3/h9-10H,4-8H2,1-3H3,(H,14,19)(H,15,20)(H,16,18)/t9-/m0/s1. The number of ether oxygens (including phenoxy) is 1. The number of nitrogens with one attached hydrogen (secondary N) is 3. The normalized spacial score (nSPS) is 16.8. The monoisotopic (exact) mass is 300 g/mol. The summed E-state index contributed by atoms with van der Waals surface area (Å²) in [6.07, 6.45) is 0.769. The zero-order chi connectivity index (χ0) is 15.8. The number of likely N-dealkylation sites (tertiary alicyclic amines) is 1. The quantitative estimate of drug-likeness (QED) is 0.682. The Bertz CT molecular complexity index is 380. The lowest BCUT2D eigenvalue weighted by Gasteiger charge is -2.32. The molecule has 0 bridgehead atoms. The molecule has 3 N–H and O–H groups in total. The number of hydrogen-bond donors (Lipinski definition) is 3. The minimum absolute atomic E-state index is 0.0186. The molecule has 0 aromatic heterocycles. The van der Waals surface area contributed by atoms with Crippen molar-refractivity contribution < 1.29 is 19.1 Å². The van der Waals surface area contributed by atoms with E-state index in [1.54, 1.807) is 11.8 Å². The highest BCUT2D eigenvalue weighted by Crippen LogP contribution is 2.10. The van der Waals surface area contributed by atoms with Gasteiger partial charge in [-0.25, -0.2) is 9.59 Å². The number of carbonyl (C=O) groups excluding carboxylic acids is 3. The Balaban J connectivity index is 2.33. The van der Waals surface area contributed by atoms with Crippen LogP contribution in [0.15, 0.2) is 0 Å². The molecule has 1 aliphatic rings. The third-order valence-corrected chi connectivity index (χ3v) is 3.37. The molecule has 4 amide bonds. The summed E-state index contributed by atoms with van der Waals surface area (Å²) in [6, 6.07) is -0.702. The molecule has 120 valence electrons. The van der Waals surface area contributed by atoms with Crippen LogP contribution < -0.4 is 16.0 Å². The van der Waals surface area contributed by atoms with Gasteiger partial charge in [-0.2, -0.15) is 0 Å². The molecule has 0 saturated carbocycles. The third kappa shape index (κ3) is 5.49. The van der Waals surface area contributed by atoms with Crippen LogP contribution in [0.4, 0.5) is 9.59 Å². The summed E-state index contributed by atoms with van der Waals surface area (Å²) in [5.41, 5.74) is 0. The molecule has 0 spiro atoms. The van der Waals surface area contributed by atoms with Crippen molar-refractivity contribution in [2.75, 3.05) is 26.7 Å². The number of urea groups is 1. The van der Waals surface area contributed by atoms with Crippen molar-refractivity contribution in [3.63, 3.8) is 0 Å². The number of nitrogens with zero attached hydrogens (tertiary/aromatic N) is 1. The molecular formula is C13H24N4O4. The largest absolute Gasteiger partial charge is 0.453 e. The lowest BCUT2D eigenvalue weighted by atomic mass is 10.0. The highest BCUT2D eigenvalue weighted by molar-refractivity contribution is 5.85. The molecule has 1 fully saturated rings. The van der Waals surface area contributed by atoms with Gasteiger partial charge in [0, 0.05) is 25.7 Å². The molecule has 21 heavy (non-hydrogen) atoms. The van der Waals surface area contributed by atoms with Gasteiger partial charge < -0.3 is 25.6 Å². The minimum Gasteiger partial charge on any atom is -0.453 e. The molecule has 0 aromatic carbocycles. The molecular weight excluding hydrogens is 276 g/mol. The van der Waals surface area contributed by atoms with Gasteiger partial charge in [0.1, 0.15) is 6.04 Å². The summed E-state index contributed by atoms with van der Waals surface area (Å²) in [5.74, 6) is -0.253. The fourth-order valence-electron chi connectivity index (χ4n) is 2.12. The Labute approximate surface area is 124 Å². The molecule has 8 nitrogen and oxygen atoms in total. The van der Waals surface area contributed by atoms with Gasteiger partial charge in [0.25, 0.3) is 0 Å². The molecule has 8 heteroatoms. The molecule has 0 radical (unpaired) electrons. The van der Waals surface area contributed by atoms with E-state index in [9.17, 15) is 14.4 Å². The molecule has 0 unspecified atom stereocenters. The van der Waals surface area contributed by atoms with Crippen molar-refractivity contribution in [1.82, 2.24) is 20.9 Å². The number of hydrogen-bond acceptors (Lipinski definition) is 4. The summed E-state index contributed by atoms with van der Waals surface area (Å²) >= 11 is 0. The first-order valence-corrected chi connectivity index (χ1v) is 7.15. The fraction of sp³-hybridized carbons (Fsp3) is 0.769. The molecule has 0 aromatic rings. The second-order valence-electron chi connectivity index (χ2n) is 4.96. The van der Waals surface area contributed by atoms with Crippen LogP contribution in [0, 0.1) is 0 Å². The smallest absolute Gasteiger partial charge is 0.407 e. The van der Waals surface area contributed by atoms with E-state index in [-0.39, 0.29) is 18.0 Å². The molecule has 1 saturated heterocycles. The molecule has 1 atom stereocenters. The van der Waals surface area contributed by atoms with Crippen LogP contribution in [0.5, 0.6) is 0 Å². The second-order valence-corrected chi connectivity index (χ2v) is 4.96. The molecule has 1 rings (SSSR count). The van der Waals surface area contributed by atoms with E-state index in [0.29, 0.717) is 32.5 Å². The zero-order valence-electron chi connectivity index (χ0n) is 12.8. The van der Waals surface area contributed by atoms with Gasteiger partial charge in [0.05, 0.1) is 7.11 Å². The summed E-state index contributed by atoms with van der Waals surface area (Å²) < 4.78 is 4.44. The van der Waals surface area contributed by atoms with Crippen molar-refractivity contribution in [2.24, 2.45) is 0 Å². The van der Waals surface area contributed by atoms with Crippen molar-refractivity contribution in [3.8, 4) is 0 Å². The first-order valence-electron chi connectivity index (χ1n) is 7.15. The highest BCUT2D eigenvalue weighted by Gasteiger charge is 2.25. The van der Waals surface area contributed by atoms with Crippen LogP contribution in [0.1, 0.15) is 26.7 Å². The van der Waals surface area contributed by atoms with Gasteiger partial charge >= 0.3 is 12.1 Å². The summed E-state index contributed by atoms with van der Waals surface area (Å²) in [5, 5.41) is 8.04. The van der Waals surface area contributed by atoms with Crippen molar-refractivity contribution >= 4 is 18.0 Å². The Morgan fingerprint density at radius 2 is 1.90 bits per heavy atom. The maximum atomic E-state index is 11.9. The SMILES string of the molecule is CCNC(=O)N1CCC(NC(=O)[C@H](C)NC(=O)OC)CC1. The van der Waals surface area contributed by atoms with Crippen LogP contribution in [0.3, 0.4) is 0 Å².